The Hall–Kier alpha value is -2.41. The summed E-state index contributed by atoms with van der Waals surface area (Å²) in [4.78, 5) is 35.0. The molecule has 2 aliphatic rings. The van der Waals surface area contributed by atoms with Gasteiger partial charge in [-0.2, -0.15) is 0 Å². The van der Waals surface area contributed by atoms with E-state index in [2.05, 4.69) is 0 Å². The number of hydrogen-bond donors (Lipinski definition) is 4. The third-order valence-electron chi connectivity index (χ3n) is 5.55. The number of aliphatic carboxylic acids is 2. The lowest BCUT2D eigenvalue weighted by Crippen LogP contribution is -2.56. The van der Waals surface area contributed by atoms with Gasteiger partial charge in [0, 0.05) is 11.8 Å². The fourth-order valence-electron chi connectivity index (χ4n) is 4.66. The number of rotatable bonds is 5. The van der Waals surface area contributed by atoms with Crippen LogP contribution >= 0.6 is 0 Å². The van der Waals surface area contributed by atoms with Crippen molar-refractivity contribution in [3.05, 3.63) is 35.9 Å². The first kappa shape index (κ1) is 15.5. The molecule has 7 nitrogen and oxygen atoms in total. The molecule has 0 radical (unpaired) electrons. The number of hydrogen-bond acceptors (Lipinski definition) is 4. The van der Waals surface area contributed by atoms with E-state index in [1.165, 1.54) is 0 Å². The van der Waals surface area contributed by atoms with Crippen LogP contribution in [0.15, 0.2) is 30.3 Å². The van der Waals surface area contributed by atoms with Gasteiger partial charge in [0.05, 0.1) is 5.92 Å². The Bertz CT molecular complexity index is 691. The van der Waals surface area contributed by atoms with Crippen LogP contribution in [-0.4, -0.2) is 33.6 Å². The normalized spacial score (nSPS) is 37.9. The van der Waals surface area contributed by atoms with Gasteiger partial charge in [0.15, 0.2) is 0 Å². The summed E-state index contributed by atoms with van der Waals surface area (Å²) in [6, 6.07) is 9.08. The summed E-state index contributed by atoms with van der Waals surface area (Å²) in [5.74, 6) is -4.95. The molecule has 7 heteroatoms. The van der Waals surface area contributed by atoms with E-state index in [9.17, 15) is 24.6 Å². The van der Waals surface area contributed by atoms with Gasteiger partial charge < -0.3 is 21.7 Å². The van der Waals surface area contributed by atoms with E-state index in [-0.39, 0.29) is 18.8 Å². The van der Waals surface area contributed by atoms with Crippen molar-refractivity contribution in [2.75, 3.05) is 0 Å². The van der Waals surface area contributed by atoms with Crippen molar-refractivity contribution in [1.82, 2.24) is 0 Å². The zero-order valence-electron chi connectivity index (χ0n) is 12.3. The second kappa shape index (κ2) is 4.79. The Morgan fingerprint density at radius 2 is 1.78 bits per heavy atom. The standard InChI is InChI=1S/C16H18N2O5/c17-10(19)7-15-11(12(15)13(20)21)9(6-16(15,18)14(22)23)8-4-2-1-3-5-8/h1-5,9,11-12H,6-7,18H2,(H2,17,19)(H,20,21)(H,22,23)/t9-,11+,12+,15-,16+/m0/s1. The summed E-state index contributed by atoms with van der Waals surface area (Å²) >= 11 is 0. The number of amides is 1. The van der Waals surface area contributed by atoms with Gasteiger partial charge in [-0.05, 0) is 23.8 Å². The van der Waals surface area contributed by atoms with Gasteiger partial charge in [0.1, 0.15) is 5.54 Å². The third kappa shape index (κ3) is 1.89. The molecule has 0 spiro atoms. The van der Waals surface area contributed by atoms with Crippen LogP contribution in [0.3, 0.4) is 0 Å². The first-order valence-electron chi connectivity index (χ1n) is 7.34. The number of primary amides is 1. The summed E-state index contributed by atoms with van der Waals surface area (Å²) in [7, 11) is 0. The van der Waals surface area contributed by atoms with Crippen LogP contribution in [0.25, 0.3) is 0 Å². The molecule has 1 aromatic carbocycles. The number of carboxylic acids is 2. The number of nitrogens with two attached hydrogens (primary N) is 2. The van der Waals surface area contributed by atoms with Crippen molar-refractivity contribution in [3.63, 3.8) is 0 Å². The zero-order chi connectivity index (χ0) is 17.0. The lowest BCUT2D eigenvalue weighted by molar-refractivity contribution is -0.148. The average Bonchev–Trinajstić information content (AvgIpc) is 3.07. The Morgan fingerprint density at radius 3 is 2.26 bits per heavy atom. The second-order valence-electron chi connectivity index (χ2n) is 6.52. The minimum Gasteiger partial charge on any atom is -0.481 e. The maximum atomic E-state index is 11.8. The van der Waals surface area contributed by atoms with E-state index < -0.39 is 40.6 Å². The van der Waals surface area contributed by atoms with E-state index in [1.807, 2.05) is 18.2 Å². The lowest BCUT2D eigenvalue weighted by Gasteiger charge is -2.31. The SMILES string of the molecule is NC(=O)C[C@@]12[C@H]([C@H](c3ccccc3)C[C@@]1(N)C(=O)O)[C@@H]2C(=O)O. The molecule has 1 amide bonds. The fourth-order valence-corrected chi connectivity index (χ4v) is 4.66. The van der Waals surface area contributed by atoms with Gasteiger partial charge in [-0.1, -0.05) is 30.3 Å². The van der Waals surface area contributed by atoms with Crippen LogP contribution in [-0.2, 0) is 14.4 Å². The first-order valence-corrected chi connectivity index (χ1v) is 7.34. The maximum absolute atomic E-state index is 11.8. The number of carbonyl (C=O) groups excluding carboxylic acids is 1. The van der Waals surface area contributed by atoms with Crippen LogP contribution in [0, 0.1) is 17.3 Å². The molecule has 0 unspecified atom stereocenters. The van der Waals surface area contributed by atoms with Crippen LogP contribution in [0.1, 0.15) is 24.3 Å². The van der Waals surface area contributed by atoms with Crippen molar-refractivity contribution in [2.45, 2.75) is 24.3 Å². The molecule has 2 saturated carbocycles. The molecular weight excluding hydrogens is 300 g/mol. The summed E-state index contributed by atoms with van der Waals surface area (Å²) in [5, 5.41) is 19.2. The molecule has 5 atom stereocenters. The summed E-state index contributed by atoms with van der Waals surface area (Å²) in [5.41, 5.74) is 9.16. The number of carboxylic acid groups (broad SMARTS) is 2. The lowest BCUT2D eigenvalue weighted by atomic mass is 9.76. The van der Waals surface area contributed by atoms with Gasteiger partial charge in [0.25, 0.3) is 0 Å². The number of benzene rings is 1. The maximum Gasteiger partial charge on any atom is 0.324 e. The van der Waals surface area contributed by atoms with Gasteiger partial charge in [0.2, 0.25) is 5.91 Å². The molecule has 2 aliphatic carbocycles. The predicted octanol–water partition coefficient (Wildman–Crippen LogP) is 0.148. The van der Waals surface area contributed by atoms with Gasteiger partial charge >= 0.3 is 11.9 Å². The van der Waals surface area contributed by atoms with E-state index >= 15 is 0 Å². The average molecular weight is 318 g/mol. The van der Waals surface area contributed by atoms with Crippen molar-refractivity contribution >= 4 is 17.8 Å². The van der Waals surface area contributed by atoms with Crippen LogP contribution in [0.2, 0.25) is 0 Å². The highest BCUT2D eigenvalue weighted by atomic mass is 16.4. The van der Waals surface area contributed by atoms with Crippen LogP contribution < -0.4 is 11.5 Å². The monoisotopic (exact) mass is 318 g/mol. The zero-order valence-corrected chi connectivity index (χ0v) is 12.3. The van der Waals surface area contributed by atoms with Crippen LogP contribution in [0.4, 0.5) is 0 Å². The van der Waals surface area contributed by atoms with Crippen molar-refractivity contribution in [2.24, 2.45) is 28.7 Å². The summed E-state index contributed by atoms with van der Waals surface area (Å²) in [6.07, 6.45) is -0.241. The van der Waals surface area contributed by atoms with Crippen LogP contribution in [0.5, 0.6) is 0 Å². The Balaban J connectivity index is 2.11. The third-order valence-corrected chi connectivity index (χ3v) is 5.55. The quantitative estimate of drug-likeness (QED) is 0.608. The van der Waals surface area contributed by atoms with Crippen molar-refractivity contribution in [1.29, 1.82) is 0 Å². The highest BCUT2D eigenvalue weighted by Crippen LogP contribution is 2.77. The minimum atomic E-state index is -1.78. The molecule has 0 aromatic heterocycles. The first-order chi connectivity index (χ1) is 10.8. The Labute approximate surface area is 132 Å². The molecule has 0 saturated heterocycles. The van der Waals surface area contributed by atoms with Gasteiger partial charge in [-0.25, -0.2) is 0 Å². The number of carbonyl (C=O) groups is 3. The number of fused-ring (bicyclic) bond motifs is 1. The highest BCUT2D eigenvalue weighted by molar-refractivity contribution is 5.90. The molecule has 6 N–H and O–H groups in total. The molecule has 23 heavy (non-hydrogen) atoms. The summed E-state index contributed by atoms with van der Waals surface area (Å²) in [6.45, 7) is 0. The smallest absolute Gasteiger partial charge is 0.324 e. The van der Waals surface area contributed by atoms with E-state index in [1.54, 1.807) is 12.1 Å². The fraction of sp³-hybridized carbons (Fsp3) is 0.438. The van der Waals surface area contributed by atoms with E-state index in [0.717, 1.165) is 5.56 Å². The van der Waals surface area contributed by atoms with E-state index in [4.69, 9.17) is 11.5 Å². The van der Waals surface area contributed by atoms with Crippen molar-refractivity contribution < 1.29 is 24.6 Å². The molecule has 0 aliphatic heterocycles. The molecule has 2 fully saturated rings. The largest absolute Gasteiger partial charge is 0.481 e. The molecule has 122 valence electrons. The summed E-state index contributed by atoms with van der Waals surface area (Å²) < 4.78 is 0. The second-order valence-corrected chi connectivity index (χ2v) is 6.52. The molecule has 0 heterocycles. The highest BCUT2D eigenvalue weighted by Gasteiger charge is 2.84. The van der Waals surface area contributed by atoms with Gasteiger partial charge in [-0.15, -0.1) is 0 Å². The van der Waals surface area contributed by atoms with Gasteiger partial charge in [-0.3, -0.25) is 14.4 Å². The topological polar surface area (TPSA) is 144 Å². The van der Waals surface area contributed by atoms with Crippen molar-refractivity contribution in [3.8, 4) is 0 Å². The predicted molar refractivity (Wildman–Crippen MR) is 79.2 cm³/mol. The molecular formula is C16H18N2O5. The molecule has 3 rings (SSSR count). The Kier molecular flexibility index (Phi) is 3.23. The Morgan fingerprint density at radius 1 is 1.17 bits per heavy atom. The molecule has 1 aromatic rings. The van der Waals surface area contributed by atoms with E-state index in [0.29, 0.717) is 0 Å². The molecule has 0 bridgehead atoms. The minimum absolute atomic E-state index is 0.0913.